The third kappa shape index (κ3) is 3.11. The van der Waals surface area contributed by atoms with Crippen molar-refractivity contribution < 1.29 is 0 Å². The first-order valence-corrected chi connectivity index (χ1v) is 7.33. The maximum Gasteiger partial charge on any atom is 0.0410 e. The molecule has 0 bridgehead atoms. The summed E-state index contributed by atoms with van der Waals surface area (Å²) in [5.41, 5.74) is 7.49. The number of hydrogen-bond acceptors (Lipinski definition) is 1. The quantitative estimate of drug-likeness (QED) is 0.798. The Morgan fingerprint density at radius 3 is 2.75 bits per heavy atom. The van der Waals surface area contributed by atoms with Crippen LogP contribution >= 0.6 is 34.2 Å². The van der Waals surface area contributed by atoms with Gasteiger partial charge in [0.1, 0.15) is 0 Å². The van der Waals surface area contributed by atoms with E-state index in [1.54, 1.807) is 0 Å². The lowest BCUT2D eigenvalue weighted by Crippen LogP contribution is -2.15. The average molecular weight is 350 g/mol. The summed E-state index contributed by atoms with van der Waals surface area (Å²) < 4.78 is 1.23. The molecule has 0 aromatic heterocycles. The maximum absolute atomic E-state index is 6.28. The predicted molar refractivity (Wildman–Crippen MR) is 77.7 cm³/mol. The van der Waals surface area contributed by atoms with Crippen molar-refractivity contribution in [2.75, 3.05) is 0 Å². The second kappa shape index (κ2) is 5.69. The van der Waals surface area contributed by atoms with E-state index in [1.807, 2.05) is 18.2 Å². The lowest BCUT2D eigenvalue weighted by molar-refractivity contribution is 0.450. The van der Waals surface area contributed by atoms with E-state index < -0.39 is 0 Å². The molecule has 88 valence electrons. The molecule has 2 N–H and O–H groups in total. The van der Waals surface area contributed by atoms with E-state index in [4.69, 9.17) is 17.3 Å². The molecule has 1 atom stereocenters. The monoisotopic (exact) mass is 349 g/mol. The highest BCUT2D eigenvalue weighted by Crippen LogP contribution is 2.33. The van der Waals surface area contributed by atoms with Crippen LogP contribution in [0.1, 0.15) is 43.7 Å². The van der Waals surface area contributed by atoms with Crippen LogP contribution in [0.2, 0.25) is 5.02 Å². The molecular formula is C13H17ClIN. The third-order valence-electron chi connectivity index (χ3n) is 3.42. The topological polar surface area (TPSA) is 26.0 Å². The van der Waals surface area contributed by atoms with Crippen LogP contribution in [-0.4, -0.2) is 0 Å². The van der Waals surface area contributed by atoms with Crippen molar-refractivity contribution in [2.45, 2.75) is 38.1 Å². The highest BCUT2D eigenvalue weighted by atomic mass is 127. The zero-order valence-corrected chi connectivity index (χ0v) is 12.2. The molecule has 0 heterocycles. The van der Waals surface area contributed by atoms with E-state index in [0.29, 0.717) is 0 Å². The van der Waals surface area contributed by atoms with Crippen LogP contribution in [0.3, 0.4) is 0 Å². The summed E-state index contributed by atoms with van der Waals surface area (Å²) >= 11 is 8.36. The van der Waals surface area contributed by atoms with Gasteiger partial charge in [-0.3, -0.25) is 0 Å². The lowest BCUT2D eigenvalue weighted by atomic mass is 9.94. The summed E-state index contributed by atoms with van der Waals surface area (Å²) in [7, 11) is 0. The van der Waals surface area contributed by atoms with Crippen LogP contribution in [0.25, 0.3) is 0 Å². The van der Waals surface area contributed by atoms with Crippen molar-refractivity contribution in [1.82, 2.24) is 0 Å². The van der Waals surface area contributed by atoms with Gasteiger partial charge in [-0.25, -0.2) is 0 Å². The molecule has 3 heteroatoms. The maximum atomic E-state index is 6.28. The number of rotatable bonds is 3. The molecule has 1 aromatic rings. The van der Waals surface area contributed by atoms with Crippen molar-refractivity contribution >= 4 is 34.2 Å². The Morgan fingerprint density at radius 1 is 1.38 bits per heavy atom. The second-order valence-corrected chi connectivity index (χ2v) is 6.26. The van der Waals surface area contributed by atoms with Crippen molar-refractivity contribution in [3.8, 4) is 0 Å². The Bertz CT molecular complexity index is 361. The summed E-state index contributed by atoms with van der Waals surface area (Å²) in [6, 6.07) is 6.14. The Labute approximate surface area is 116 Å². The average Bonchev–Trinajstić information content (AvgIpc) is 2.74. The molecule has 0 spiro atoms. The molecule has 1 aromatic carbocycles. The van der Waals surface area contributed by atoms with Gasteiger partial charge >= 0.3 is 0 Å². The standard InChI is InChI=1S/C13H17ClIN/c14-10-5-6-12(15)11(8-10)13(16)7-9-3-1-2-4-9/h5-6,8-9,13H,1-4,7,16H2. The molecule has 1 fully saturated rings. The van der Waals surface area contributed by atoms with E-state index >= 15 is 0 Å². The van der Waals surface area contributed by atoms with Crippen molar-refractivity contribution in [3.05, 3.63) is 32.4 Å². The summed E-state index contributed by atoms with van der Waals surface area (Å²) in [6.45, 7) is 0. The molecule has 1 aliphatic rings. The molecule has 0 amide bonds. The van der Waals surface area contributed by atoms with Crippen molar-refractivity contribution in [3.63, 3.8) is 0 Å². The predicted octanol–water partition coefficient (Wildman–Crippen LogP) is 4.52. The fraction of sp³-hybridized carbons (Fsp3) is 0.538. The van der Waals surface area contributed by atoms with Gasteiger partial charge in [0.2, 0.25) is 0 Å². The molecule has 0 aliphatic heterocycles. The minimum Gasteiger partial charge on any atom is -0.324 e. The minimum atomic E-state index is 0.147. The van der Waals surface area contributed by atoms with Gasteiger partial charge in [-0.2, -0.15) is 0 Å². The molecule has 1 unspecified atom stereocenters. The molecule has 1 nitrogen and oxygen atoms in total. The highest BCUT2D eigenvalue weighted by molar-refractivity contribution is 14.1. The van der Waals surface area contributed by atoms with Crippen molar-refractivity contribution in [1.29, 1.82) is 0 Å². The molecule has 2 rings (SSSR count). The first kappa shape index (κ1) is 12.7. The van der Waals surface area contributed by atoms with Crippen LogP contribution < -0.4 is 5.73 Å². The van der Waals surface area contributed by atoms with Crippen molar-refractivity contribution in [2.24, 2.45) is 11.7 Å². The number of hydrogen-bond donors (Lipinski definition) is 1. The normalized spacial score (nSPS) is 18.9. The first-order valence-electron chi connectivity index (χ1n) is 5.87. The SMILES string of the molecule is NC(CC1CCCC1)c1cc(Cl)ccc1I. The minimum absolute atomic E-state index is 0.147. The largest absolute Gasteiger partial charge is 0.324 e. The van der Waals surface area contributed by atoms with Gasteiger partial charge < -0.3 is 5.73 Å². The summed E-state index contributed by atoms with van der Waals surface area (Å²) in [4.78, 5) is 0. The van der Waals surface area contributed by atoms with E-state index in [1.165, 1.54) is 34.8 Å². The van der Waals surface area contributed by atoms with Gasteiger partial charge in [0.05, 0.1) is 0 Å². The number of benzene rings is 1. The van der Waals surface area contributed by atoms with Crippen LogP contribution in [-0.2, 0) is 0 Å². The van der Waals surface area contributed by atoms with Crippen LogP contribution in [0.5, 0.6) is 0 Å². The number of nitrogens with two attached hydrogens (primary N) is 1. The highest BCUT2D eigenvalue weighted by Gasteiger charge is 2.20. The second-order valence-electron chi connectivity index (χ2n) is 4.66. The molecule has 1 aliphatic carbocycles. The summed E-state index contributed by atoms with van der Waals surface area (Å²) in [5.74, 6) is 0.824. The van der Waals surface area contributed by atoms with Crippen LogP contribution in [0, 0.1) is 9.49 Å². The Balaban J connectivity index is 2.07. The summed E-state index contributed by atoms with van der Waals surface area (Å²) in [5, 5.41) is 0.789. The van der Waals surface area contributed by atoms with E-state index in [-0.39, 0.29) is 6.04 Å². The Hall–Kier alpha value is 0.200. The molecule has 0 radical (unpaired) electrons. The van der Waals surface area contributed by atoms with Gasteiger partial charge in [-0.15, -0.1) is 0 Å². The fourth-order valence-corrected chi connectivity index (χ4v) is 3.45. The van der Waals surface area contributed by atoms with Gasteiger partial charge in [-0.05, 0) is 58.7 Å². The third-order valence-corrected chi connectivity index (χ3v) is 4.64. The molecule has 1 saturated carbocycles. The Kier molecular flexibility index (Phi) is 4.50. The first-order chi connectivity index (χ1) is 7.66. The molecular weight excluding hydrogens is 333 g/mol. The van der Waals surface area contributed by atoms with E-state index in [0.717, 1.165) is 17.4 Å². The lowest BCUT2D eigenvalue weighted by Gasteiger charge is -2.18. The molecule has 0 saturated heterocycles. The fourth-order valence-electron chi connectivity index (χ4n) is 2.53. The van der Waals surface area contributed by atoms with Gasteiger partial charge in [0.25, 0.3) is 0 Å². The molecule has 16 heavy (non-hydrogen) atoms. The van der Waals surface area contributed by atoms with Gasteiger partial charge in [-0.1, -0.05) is 37.3 Å². The van der Waals surface area contributed by atoms with E-state index in [2.05, 4.69) is 22.6 Å². The Morgan fingerprint density at radius 2 is 2.06 bits per heavy atom. The zero-order valence-electron chi connectivity index (χ0n) is 9.26. The van der Waals surface area contributed by atoms with Crippen LogP contribution in [0.4, 0.5) is 0 Å². The van der Waals surface area contributed by atoms with Crippen LogP contribution in [0.15, 0.2) is 18.2 Å². The smallest absolute Gasteiger partial charge is 0.0410 e. The van der Waals surface area contributed by atoms with E-state index in [9.17, 15) is 0 Å². The number of halogens is 2. The zero-order chi connectivity index (χ0) is 11.5. The van der Waals surface area contributed by atoms with Gasteiger partial charge in [0, 0.05) is 14.6 Å². The summed E-state index contributed by atoms with van der Waals surface area (Å²) in [6.07, 6.45) is 6.57. The van der Waals surface area contributed by atoms with Gasteiger partial charge in [0.15, 0.2) is 0 Å².